The van der Waals surface area contributed by atoms with Crippen LogP contribution in [0.4, 0.5) is 5.69 Å². The van der Waals surface area contributed by atoms with Crippen molar-refractivity contribution in [1.29, 1.82) is 0 Å². The van der Waals surface area contributed by atoms with E-state index in [4.69, 9.17) is 4.74 Å². The predicted molar refractivity (Wildman–Crippen MR) is 127 cm³/mol. The molecule has 10 heteroatoms. The highest BCUT2D eigenvalue weighted by Gasteiger charge is 2.09. The minimum absolute atomic E-state index is 0.180. The number of nitrogens with zero attached hydrogens (tertiary/aromatic N) is 5. The van der Waals surface area contributed by atoms with E-state index < -0.39 is 0 Å². The number of amides is 1. The van der Waals surface area contributed by atoms with E-state index in [1.54, 1.807) is 67.2 Å². The number of pyridine rings is 1. The topological polar surface area (TPSA) is 101 Å². The van der Waals surface area contributed by atoms with Crippen LogP contribution in [0.15, 0.2) is 92.7 Å². The standard InChI is InChI=1S/C22H18N6O2S2/c1-30-17-10-8-16(9-11-17)25-27-21(15-5-4-12-23-13-15)28-26-20(29)14-31-22-24-18-6-2-3-7-19(18)32-22/h2-13H,14H2,1H3,(H,26,29)/b27-25?,28-21-. The van der Waals surface area contributed by atoms with Gasteiger partial charge in [0.1, 0.15) is 5.75 Å². The predicted octanol–water partition coefficient (Wildman–Crippen LogP) is 5.05. The van der Waals surface area contributed by atoms with Gasteiger partial charge < -0.3 is 4.74 Å². The Labute approximate surface area is 192 Å². The summed E-state index contributed by atoms with van der Waals surface area (Å²) in [6.07, 6.45) is 3.25. The van der Waals surface area contributed by atoms with Crippen LogP contribution >= 0.6 is 23.1 Å². The van der Waals surface area contributed by atoms with Gasteiger partial charge in [-0.1, -0.05) is 23.9 Å². The van der Waals surface area contributed by atoms with E-state index in [2.05, 4.69) is 30.7 Å². The molecule has 0 fully saturated rings. The minimum atomic E-state index is -0.268. The Kier molecular flexibility index (Phi) is 7.15. The lowest BCUT2D eigenvalue weighted by Gasteiger charge is -2.02. The zero-order chi connectivity index (χ0) is 22.2. The first-order chi connectivity index (χ1) is 15.7. The van der Waals surface area contributed by atoms with Crippen LogP contribution < -0.4 is 10.2 Å². The molecule has 0 aliphatic rings. The largest absolute Gasteiger partial charge is 0.497 e. The van der Waals surface area contributed by atoms with Crippen molar-refractivity contribution in [3.05, 3.63) is 78.6 Å². The number of nitrogens with one attached hydrogen (secondary N) is 1. The first-order valence-electron chi connectivity index (χ1n) is 9.52. The molecule has 4 rings (SSSR count). The van der Waals surface area contributed by atoms with Crippen LogP contribution in [0.3, 0.4) is 0 Å². The molecule has 0 aliphatic heterocycles. The maximum Gasteiger partial charge on any atom is 0.250 e. The summed E-state index contributed by atoms with van der Waals surface area (Å²) in [5.74, 6) is 0.879. The smallest absolute Gasteiger partial charge is 0.250 e. The second kappa shape index (κ2) is 10.6. The van der Waals surface area contributed by atoms with Gasteiger partial charge in [-0.3, -0.25) is 9.78 Å². The van der Waals surface area contributed by atoms with Crippen LogP contribution in [-0.4, -0.2) is 34.6 Å². The van der Waals surface area contributed by atoms with Crippen molar-refractivity contribution < 1.29 is 9.53 Å². The molecule has 0 saturated carbocycles. The summed E-state index contributed by atoms with van der Waals surface area (Å²) in [5, 5.41) is 12.6. The van der Waals surface area contributed by atoms with Crippen molar-refractivity contribution in [2.45, 2.75) is 4.34 Å². The van der Waals surface area contributed by atoms with Gasteiger partial charge in [-0.15, -0.1) is 21.6 Å². The highest BCUT2D eigenvalue weighted by molar-refractivity contribution is 8.01. The van der Waals surface area contributed by atoms with Crippen molar-refractivity contribution >= 4 is 50.7 Å². The fourth-order valence-electron chi connectivity index (χ4n) is 2.58. The maximum atomic E-state index is 12.3. The van der Waals surface area contributed by atoms with Crippen molar-refractivity contribution in [2.24, 2.45) is 15.3 Å². The molecule has 0 unspecified atom stereocenters. The van der Waals surface area contributed by atoms with Gasteiger partial charge in [-0.2, -0.15) is 5.10 Å². The number of carbonyl (C=O) groups is 1. The molecule has 0 atom stereocenters. The first kappa shape index (κ1) is 21.6. The lowest BCUT2D eigenvalue weighted by Crippen LogP contribution is -2.21. The van der Waals surface area contributed by atoms with Gasteiger partial charge in [0.2, 0.25) is 5.84 Å². The molecule has 2 aromatic heterocycles. The molecule has 2 aromatic carbocycles. The third-order valence-corrected chi connectivity index (χ3v) is 6.32. The maximum absolute atomic E-state index is 12.3. The number of thioether (sulfide) groups is 1. The number of hydrogen-bond acceptors (Lipinski definition) is 8. The molecule has 1 amide bonds. The van der Waals surface area contributed by atoms with Crippen LogP contribution in [0.5, 0.6) is 5.75 Å². The molecule has 0 aliphatic carbocycles. The molecule has 0 spiro atoms. The van der Waals surface area contributed by atoms with Crippen LogP contribution in [0.2, 0.25) is 0 Å². The Bertz CT molecular complexity index is 1220. The summed E-state index contributed by atoms with van der Waals surface area (Å²) >= 11 is 2.92. The zero-order valence-electron chi connectivity index (χ0n) is 17.0. The SMILES string of the molecule is COc1ccc(N=N/C(=N\NC(=O)CSc2nc3ccccc3s2)c2cccnc2)cc1. The number of amidine groups is 1. The number of thiazole rings is 1. The summed E-state index contributed by atoms with van der Waals surface area (Å²) in [6.45, 7) is 0. The number of hydrazone groups is 1. The number of rotatable bonds is 7. The van der Waals surface area contributed by atoms with Gasteiger partial charge in [0.15, 0.2) is 4.34 Å². The van der Waals surface area contributed by atoms with Gasteiger partial charge in [0.05, 0.1) is 28.8 Å². The van der Waals surface area contributed by atoms with E-state index >= 15 is 0 Å². The third-order valence-electron chi connectivity index (χ3n) is 4.14. The Morgan fingerprint density at radius 3 is 2.72 bits per heavy atom. The molecule has 0 saturated heterocycles. The van der Waals surface area contributed by atoms with Crippen molar-refractivity contribution in [3.63, 3.8) is 0 Å². The number of para-hydroxylation sites is 1. The molecular formula is C22H18N6O2S2. The number of aromatic nitrogens is 2. The molecular weight excluding hydrogens is 444 g/mol. The fourth-order valence-corrected chi connectivity index (χ4v) is 4.44. The normalized spacial score (nSPS) is 11.7. The summed E-state index contributed by atoms with van der Waals surface area (Å²) in [7, 11) is 1.60. The lowest BCUT2D eigenvalue weighted by molar-refractivity contribution is -0.118. The quantitative estimate of drug-likeness (QED) is 0.136. The minimum Gasteiger partial charge on any atom is -0.497 e. The molecule has 0 radical (unpaired) electrons. The molecule has 4 aromatic rings. The highest BCUT2D eigenvalue weighted by atomic mass is 32.2. The van der Waals surface area contributed by atoms with Crippen LogP contribution in [-0.2, 0) is 4.79 Å². The summed E-state index contributed by atoms with van der Waals surface area (Å²) in [4.78, 5) is 21.0. The van der Waals surface area contributed by atoms with Gasteiger partial charge in [0, 0.05) is 18.0 Å². The molecule has 160 valence electrons. The fraction of sp³-hybridized carbons (Fsp3) is 0.0909. The van der Waals surface area contributed by atoms with Crippen LogP contribution in [0.25, 0.3) is 10.2 Å². The second-order valence-electron chi connectivity index (χ2n) is 6.35. The monoisotopic (exact) mass is 462 g/mol. The zero-order valence-corrected chi connectivity index (χ0v) is 18.6. The average Bonchev–Trinajstić information content (AvgIpc) is 3.27. The number of fused-ring (bicyclic) bond motifs is 1. The average molecular weight is 463 g/mol. The Morgan fingerprint density at radius 2 is 1.97 bits per heavy atom. The molecule has 2 heterocycles. The van der Waals surface area contributed by atoms with Crippen LogP contribution in [0.1, 0.15) is 5.56 Å². The van der Waals surface area contributed by atoms with Crippen LogP contribution in [0, 0.1) is 0 Å². The number of methoxy groups -OCH3 is 1. The number of ether oxygens (including phenoxy) is 1. The molecule has 0 bridgehead atoms. The molecule has 32 heavy (non-hydrogen) atoms. The molecule has 8 nitrogen and oxygen atoms in total. The Balaban J connectivity index is 1.43. The van der Waals surface area contributed by atoms with E-state index in [0.717, 1.165) is 20.3 Å². The Morgan fingerprint density at radius 1 is 1.12 bits per heavy atom. The number of benzene rings is 2. The summed E-state index contributed by atoms with van der Waals surface area (Å²) in [5.41, 5.74) is 4.72. The van der Waals surface area contributed by atoms with E-state index in [0.29, 0.717) is 11.3 Å². The second-order valence-corrected chi connectivity index (χ2v) is 8.60. The highest BCUT2D eigenvalue weighted by Crippen LogP contribution is 2.29. The van der Waals surface area contributed by atoms with E-state index in [1.165, 1.54) is 11.8 Å². The third kappa shape index (κ3) is 5.74. The first-order valence-corrected chi connectivity index (χ1v) is 11.3. The van der Waals surface area contributed by atoms with Gasteiger partial charge in [-0.05, 0) is 48.5 Å². The van der Waals surface area contributed by atoms with Crippen molar-refractivity contribution in [3.8, 4) is 5.75 Å². The number of azo groups is 1. The van der Waals surface area contributed by atoms with Gasteiger partial charge in [-0.25, -0.2) is 10.4 Å². The summed E-state index contributed by atoms with van der Waals surface area (Å²) in [6, 6.07) is 18.6. The van der Waals surface area contributed by atoms with E-state index in [1.807, 2.05) is 24.3 Å². The van der Waals surface area contributed by atoms with Crippen molar-refractivity contribution in [2.75, 3.05) is 12.9 Å². The van der Waals surface area contributed by atoms with E-state index in [-0.39, 0.29) is 17.5 Å². The number of hydrogen-bond donors (Lipinski definition) is 1. The van der Waals surface area contributed by atoms with Gasteiger partial charge >= 0.3 is 0 Å². The molecule has 1 N–H and O–H groups in total. The summed E-state index contributed by atoms with van der Waals surface area (Å²) < 4.78 is 7.06. The lowest BCUT2D eigenvalue weighted by atomic mass is 10.3. The van der Waals surface area contributed by atoms with E-state index in [9.17, 15) is 4.79 Å². The van der Waals surface area contributed by atoms with Crippen molar-refractivity contribution in [1.82, 2.24) is 15.4 Å². The number of carbonyl (C=O) groups excluding carboxylic acids is 1. The van der Waals surface area contributed by atoms with Gasteiger partial charge in [0.25, 0.3) is 5.91 Å². The Hall–Kier alpha value is -3.63.